The summed E-state index contributed by atoms with van der Waals surface area (Å²) in [6, 6.07) is 7.77. The number of benzene rings is 1. The summed E-state index contributed by atoms with van der Waals surface area (Å²) >= 11 is 3.37. The first-order valence-corrected chi connectivity index (χ1v) is 6.13. The van der Waals surface area contributed by atoms with Crippen molar-refractivity contribution in [3.05, 3.63) is 34.3 Å². The van der Waals surface area contributed by atoms with Crippen molar-refractivity contribution in [2.24, 2.45) is 5.92 Å². The summed E-state index contributed by atoms with van der Waals surface area (Å²) in [5, 5.41) is 5.61. The van der Waals surface area contributed by atoms with Gasteiger partial charge in [0.05, 0.1) is 0 Å². The van der Waals surface area contributed by atoms with Crippen LogP contribution in [-0.4, -0.2) is 12.6 Å². The van der Waals surface area contributed by atoms with Gasteiger partial charge in [-0.1, -0.05) is 41.9 Å². The molecule has 2 N–H and O–H groups in total. The molecule has 0 heterocycles. The second-order valence-corrected chi connectivity index (χ2v) is 5.00. The minimum absolute atomic E-state index is 0.114. The number of nitrogens with one attached hydrogen (secondary N) is 2. The van der Waals surface area contributed by atoms with Gasteiger partial charge in [-0.05, 0) is 23.6 Å². The molecule has 3 nitrogen and oxygen atoms in total. The Hall–Kier alpha value is -1.03. The second-order valence-electron chi connectivity index (χ2n) is 4.08. The lowest BCUT2D eigenvalue weighted by molar-refractivity contribution is 0.239. The molecule has 4 heteroatoms. The smallest absolute Gasteiger partial charge is 0.315 e. The van der Waals surface area contributed by atoms with Crippen LogP contribution in [0.4, 0.5) is 4.79 Å². The highest BCUT2D eigenvalue weighted by atomic mass is 79.9. The molecule has 2 amide bonds. The summed E-state index contributed by atoms with van der Waals surface area (Å²) in [6.07, 6.45) is 0. The molecule has 0 atom stereocenters. The minimum atomic E-state index is -0.114. The minimum Gasteiger partial charge on any atom is -0.338 e. The molecule has 0 bridgehead atoms. The van der Waals surface area contributed by atoms with E-state index < -0.39 is 0 Å². The lowest BCUT2D eigenvalue weighted by Crippen LogP contribution is -2.36. The van der Waals surface area contributed by atoms with Crippen molar-refractivity contribution in [3.63, 3.8) is 0 Å². The third-order valence-corrected chi connectivity index (χ3v) is 2.57. The molecule has 1 rings (SSSR count). The van der Waals surface area contributed by atoms with Gasteiger partial charge >= 0.3 is 6.03 Å². The Balaban J connectivity index is 2.29. The van der Waals surface area contributed by atoms with Gasteiger partial charge in [0.1, 0.15) is 0 Å². The summed E-state index contributed by atoms with van der Waals surface area (Å²) < 4.78 is 1.04. The van der Waals surface area contributed by atoms with Gasteiger partial charge in [-0.2, -0.15) is 0 Å². The van der Waals surface area contributed by atoms with E-state index in [2.05, 4.69) is 40.4 Å². The maximum Gasteiger partial charge on any atom is 0.315 e. The van der Waals surface area contributed by atoms with Gasteiger partial charge in [0.15, 0.2) is 0 Å². The fraction of sp³-hybridized carbons (Fsp3) is 0.417. The van der Waals surface area contributed by atoms with Crippen molar-refractivity contribution in [2.45, 2.75) is 20.4 Å². The molecule has 1 aromatic rings. The molecule has 0 fully saturated rings. The molecule has 0 aliphatic carbocycles. The maximum atomic E-state index is 11.4. The monoisotopic (exact) mass is 284 g/mol. The van der Waals surface area contributed by atoms with Gasteiger partial charge < -0.3 is 10.6 Å². The first kappa shape index (κ1) is 13.0. The normalized spacial score (nSPS) is 10.2. The number of hydrogen-bond acceptors (Lipinski definition) is 1. The lowest BCUT2D eigenvalue weighted by Gasteiger charge is -2.09. The fourth-order valence-electron chi connectivity index (χ4n) is 1.14. The summed E-state index contributed by atoms with van der Waals surface area (Å²) in [6.45, 7) is 5.38. The molecule has 0 unspecified atom stereocenters. The topological polar surface area (TPSA) is 41.1 Å². The molecule has 16 heavy (non-hydrogen) atoms. The molecule has 0 saturated carbocycles. The summed E-state index contributed by atoms with van der Waals surface area (Å²) in [7, 11) is 0. The van der Waals surface area contributed by atoms with E-state index in [4.69, 9.17) is 0 Å². The highest BCUT2D eigenvalue weighted by Crippen LogP contribution is 2.09. The van der Waals surface area contributed by atoms with E-state index in [-0.39, 0.29) is 6.03 Å². The summed E-state index contributed by atoms with van der Waals surface area (Å²) in [5.74, 6) is 0.471. The van der Waals surface area contributed by atoms with E-state index in [0.29, 0.717) is 19.0 Å². The number of halogens is 1. The fourth-order valence-corrected chi connectivity index (χ4v) is 1.41. The molecular weight excluding hydrogens is 268 g/mol. The van der Waals surface area contributed by atoms with E-state index >= 15 is 0 Å². The van der Waals surface area contributed by atoms with Gasteiger partial charge in [0.25, 0.3) is 0 Å². The average Bonchev–Trinajstić information content (AvgIpc) is 2.25. The molecule has 0 aromatic heterocycles. The quantitative estimate of drug-likeness (QED) is 0.877. The van der Waals surface area contributed by atoms with Crippen molar-refractivity contribution >= 4 is 22.0 Å². The van der Waals surface area contributed by atoms with Gasteiger partial charge in [-0.3, -0.25) is 0 Å². The van der Waals surface area contributed by atoms with Crippen molar-refractivity contribution in [1.29, 1.82) is 0 Å². The largest absolute Gasteiger partial charge is 0.338 e. The first-order chi connectivity index (χ1) is 7.58. The number of urea groups is 1. The van der Waals surface area contributed by atoms with Crippen LogP contribution in [-0.2, 0) is 6.54 Å². The number of hydrogen-bond donors (Lipinski definition) is 2. The van der Waals surface area contributed by atoms with Crippen LogP contribution in [0.25, 0.3) is 0 Å². The van der Waals surface area contributed by atoms with Crippen LogP contribution < -0.4 is 10.6 Å². The third-order valence-electron chi connectivity index (χ3n) is 2.04. The van der Waals surface area contributed by atoms with E-state index in [9.17, 15) is 4.79 Å². The van der Waals surface area contributed by atoms with Crippen LogP contribution >= 0.6 is 15.9 Å². The van der Waals surface area contributed by atoms with Crippen molar-refractivity contribution < 1.29 is 4.79 Å². The third kappa shape index (κ3) is 5.16. The van der Waals surface area contributed by atoms with Crippen molar-refractivity contribution in [1.82, 2.24) is 10.6 Å². The number of carbonyl (C=O) groups is 1. The lowest BCUT2D eigenvalue weighted by atomic mass is 10.2. The van der Waals surface area contributed by atoms with E-state index in [1.807, 2.05) is 24.3 Å². The zero-order valence-corrected chi connectivity index (χ0v) is 11.2. The number of carbonyl (C=O) groups excluding carboxylic acids is 1. The molecular formula is C12H17BrN2O. The van der Waals surface area contributed by atoms with Crippen LogP contribution in [0.5, 0.6) is 0 Å². The predicted molar refractivity (Wildman–Crippen MR) is 69.2 cm³/mol. The predicted octanol–water partition coefficient (Wildman–Crippen LogP) is 2.90. The molecule has 1 aromatic carbocycles. The van der Waals surface area contributed by atoms with E-state index in [0.717, 1.165) is 10.0 Å². The zero-order valence-electron chi connectivity index (χ0n) is 9.59. The van der Waals surface area contributed by atoms with Crippen LogP contribution in [0.1, 0.15) is 19.4 Å². The standard InChI is InChI=1S/C12H17BrN2O/c1-9(2)7-14-12(16)15-8-10-3-5-11(13)6-4-10/h3-6,9H,7-8H2,1-2H3,(H2,14,15,16). The summed E-state index contributed by atoms with van der Waals surface area (Å²) in [5.41, 5.74) is 1.09. The summed E-state index contributed by atoms with van der Waals surface area (Å²) in [4.78, 5) is 11.4. The highest BCUT2D eigenvalue weighted by molar-refractivity contribution is 9.10. The molecule has 0 aliphatic heterocycles. The van der Waals surface area contributed by atoms with Crippen LogP contribution in [0.3, 0.4) is 0 Å². The van der Waals surface area contributed by atoms with Crippen molar-refractivity contribution in [3.8, 4) is 0 Å². The van der Waals surface area contributed by atoms with Gasteiger partial charge in [-0.25, -0.2) is 4.79 Å². The van der Waals surface area contributed by atoms with E-state index in [1.54, 1.807) is 0 Å². The van der Waals surface area contributed by atoms with Crippen LogP contribution in [0.2, 0.25) is 0 Å². The molecule has 0 aliphatic rings. The molecule has 0 spiro atoms. The number of amides is 2. The SMILES string of the molecule is CC(C)CNC(=O)NCc1ccc(Br)cc1. The van der Waals surface area contributed by atoms with Crippen molar-refractivity contribution in [2.75, 3.05) is 6.54 Å². The van der Waals surface area contributed by atoms with Gasteiger partial charge in [0, 0.05) is 17.6 Å². The highest BCUT2D eigenvalue weighted by Gasteiger charge is 2.01. The van der Waals surface area contributed by atoms with Crippen LogP contribution in [0.15, 0.2) is 28.7 Å². The molecule has 0 saturated heterocycles. The molecule has 88 valence electrons. The van der Waals surface area contributed by atoms with E-state index in [1.165, 1.54) is 0 Å². The van der Waals surface area contributed by atoms with Gasteiger partial charge in [0.2, 0.25) is 0 Å². The average molecular weight is 285 g/mol. The Morgan fingerprint density at radius 3 is 2.44 bits per heavy atom. The number of rotatable bonds is 4. The Labute approximate surface area is 105 Å². The Kier molecular flexibility index (Phi) is 5.32. The Bertz CT molecular complexity index is 335. The molecule has 0 radical (unpaired) electrons. The second kappa shape index (κ2) is 6.53. The Morgan fingerprint density at radius 2 is 1.88 bits per heavy atom. The van der Waals surface area contributed by atoms with Crippen LogP contribution in [0, 0.1) is 5.92 Å². The first-order valence-electron chi connectivity index (χ1n) is 5.34. The maximum absolute atomic E-state index is 11.4. The van der Waals surface area contributed by atoms with Gasteiger partial charge in [-0.15, -0.1) is 0 Å². The Morgan fingerprint density at radius 1 is 1.25 bits per heavy atom. The zero-order chi connectivity index (χ0) is 12.0.